The number of carbonyl (C=O) groups excluding carboxylic acids is 1. The highest BCUT2D eigenvalue weighted by Gasteiger charge is 2.39. The third-order valence-electron chi connectivity index (χ3n) is 6.31. The molecule has 0 radical (unpaired) electrons. The quantitative estimate of drug-likeness (QED) is 0.783. The molecule has 1 saturated carbocycles. The van der Waals surface area contributed by atoms with Crippen LogP contribution in [0.25, 0.3) is 0 Å². The van der Waals surface area contributed by atoms with E-state index in [1.165, 1.54) is 4.31 Å². The van der Waals surface area contributed by atoms with Crippen molar-refractivity contribution in [3.05, 3.63) is 29.8 Å². The second-order valence-corrected chi connectivity index (χ2v) is 11.3. The zero-order valence-corrected chi connectivity index (χ0v) is 18.8. The number of benzene rings is 1. The van der Waals surface area contributed by atoms with E-state index in [1.54, 1.807) is 17.0 Å². The number of hydrogen-bond acceptors (Lipinski definition) is 4. The Hall–Kier alpha value is -1.93. The van der Waals surface area contributed by atoms with E-state index in [0.29, 0.717) is 25.9 Å². The maximum absolute atomic E-state index is 13.0. The van der Waals surface area contributed by atoms with E-state index in [1.807, 2.05) is 12.1 Å². The normalized spacial score (nSPS) is 23.9. The fraction of sp³-hybridized carbons (Fsp3) is 0.636. The molecule has 2 fully saturated rings. The van der Waals surface area contributed by atoms with E-state index in [2.05, 4.69) is 20.8 Å². The lowest BCUT2D eigenvalue weighted by molar-refractivity contribution is -0.152. The topological polar surface area (TPSA) is 95.0 Å². The fourth-order valence-corrected chi connectivity index (χ4v) is 5.80. The minimum Gasteiger partial charge on any atom is -0.481 e. The zero-order valence-electron chi connectivity index (χ0n) is 18.0. The maximum atomic E-state index is 13.0. The molecule has 0 unspecified atom stereocenters. The van der Waals surface area contributed by atoms with Crippen LogP contribution in [-0.2, 0) is 25.0 Å². The molecule has 1 heterocycles. The number of amides is 1. The van der Waals surface area contributed by atoms with Crippen LogP contribution in [0.2, 0.25) is 0 Å². The van der Waals surface area contributed by atoms with E-state index in [4.69, 9.17) is 0 Å². The number of piperazine rings is 1. The summed E-state index contributed by atoms with van der Waals surface area (Å²) in [5.41, 5.74) is 1.01. The lowest BCUT2D eigenvalue weighted by Gasteiger charge is -2.38. The van der Waals surface area contributed by atoms with Crippen molar-refractivity contribution in [2.24, 2.45) is 11.8 Å². The molecule has 0 bridgehead atoms. The van der Waals surface area contributed by atoms with E-state index in [-0.39, 0.29) is 29.3 Å². The minimum absolute atomic E-state index is 0.0544. The highest BCUT2D eigenvalue weighted by atomic mass is 32.2. The van der Waals surface area contributed by atoms with Crippen LogP contribution in [0.1, 0.15) is 52.0 Å². The van der Waals surface area contributed by atoms with Gasteiger partial charge in [-0.2, -0.15) is 4.31 Å². The Morgan fingerprint density at radius 1 is 0.933 bits per heavy atom. The maximum Gasteiger partial charge on any atom is 0.307 e. The molecule has 1 aliphatic heterocycles. The number of aliphatic carboxylic acids is 1. The highest BCUT2D eigenvalue weighted by molar-refractivity contribution is 7.89. The molecule has 2 aliphatic rings. The monoisotopic (exact) mass is 436 g/mol. The molecular weight excluding hydrogens is 404 g/mol. The molecule has 1 amide bonds. The lowest BCUT2D eigenvalue weighted by atomic mass is 9.78. The third kappa shape index (κ3) is 4.70. The minimum atomic E-state index is -3.62. The predicted molar refractivity (Wildman–Crippen MR) is 114 cm³/mol. The van der Waals surface area contributed by atoms with Crippen LogP contribution in [0.15, 0.2) is 29.2 Å². The van der Waals surface area contributed by atoms with Gasteiger partial charge in [0.1, 0.15) is 0 Å². The molecule has 8 heteroatoms. The molecule has 30 heavy (non-hydrogen) atoms. The lowest BCUT2D eigenvalue weighted by Crippen LogP contribution is -2.53. The van der Waals surface area contributed by atoms with Crippen molar-refractivity contribution in [1.82, 2.24) is 9.21 Å². The van der Waals surface area contributed by atoms with Gasteiger partial charge < -0.3 is 10.0 Å². The van der Waals surface area contributed by atoms with Gasteiger partial charge in [0.25, 0.3) is 0 Å². The van der Waals surface area contributed by atoms with Gasteiger partial charge in [0.15, 0.2) is 0 Å². The zero-order chi connectivity index (χ0) is 22.1. The van der Waals surface area contributed by atoms with Crippen LogP contribution in [0.5, 0.6) is 0 Å². The smallest absolute Gasteiger partial charge is 0.307 e. The van der Waals surface area contributed by atoms with Gasteiger partial charge in [-0.3, -0.25) is 9.59 Å². The standard InChI is InChI=1S/C22H32N2O5S/c1-22(2,3)16-8-10-17(11-9-16)30(28,29)24-14-12-23(13-15-24)20(25)18-6-4-5-7-19(18)21(26)27/h8-11,18-19H,4-7,12-15H2,1-3H3,(H,26,27)/t18-,19-/m0/s1. The van der Waals surface area contributed by atoms with Gasteiger partial charge in [0.05, 0.1) is 16.7 Å². The molecule has 1 aromatic rings. The first-order chi connectivity index (χ1) is 14.0. The van der Waals surface area contributed by atoms with Crippen LogP contribution in [0, 0.1) is 11.8 Å². The van der Waals surface area contributed by atoms with Gasteiger partial charge in [-0.05, 0) is 36.0 Å². The Bertz CT molecular complexity index is 881. The third-order valence-corrected chi connectivity index (χ3v) is 8.22. The van der Waals surface area contributed by atoms with Gasteiger partial charge in [-0.15, -0.1) is 0 Å². The largest absolute Gasteiger partial charge is 0.481 e. The van der Waals surface area contributed by atoms with Crippen molar-refractivity contribution in [2.75, 3.05) is 26.2 Å². The van der Waals surface area contributed by atoms with E-state index in [9.17, 15) is 23.1 Å². The molecule has 0 aromatic heterocycles. The van der Waals surface area contributed by atoms with Gasteiger partial charge in [0.2, 0.25) is 15.9 Å². The van der Waals surface area contributed by atoms with Crippen LogP contribution in [-0.4, -0.2) is 60.8 Å². The van der Waals surface area contributed by atoms with Crippen LogP contribution in [0.4, 0.5) is 0 Å². The molecule has 2 atom stereocenters. The number of nitrogens with zero attached hydrogens (tertiary/aromatic N) is 2. The van der Waals surface area contributed by atoms with E-state index in [0.717, 1.165) is 18.4 Å². The fourth-order valence-electron chi connectivity index (χ4n) is 4.38. The van der Waals surface area contributed by atoms with Crippen molar-refractivity contribution in [3.8, 4) is 0 Å². The Morgan fingerprint density at radius 2 is 1.47 bits per heavy atom. The van der Waals surface area contributed by atoms with Crippen molar-refractivity contribution in [3.63, 3.8) is 0 Å². The van der Waals surface area contributed by atoms with Gasteiger partial charge in [0, 0.05) is 26.2 Å². The summed E-state index contributed by atoms with van der Waals surface area (Å²) in [5.74, 6) is -2.18. The average Bonchev–Trinajstić information content (AvgIpc) is 2.72. The number of hydrogen-bond donors (Lipinski definition) is 1. The number of rotatable bonds is 4. The van der Waals surface area contributed by atoms with Gasteiger partial charge in [-0.25, -0.2) is 8.42 Å². The molecule has 1 N–H and O–H groups in total. The summed E-state index contributed by atoms with van der Waals surface area (Å²) in [6.45, 7) is 7.26. The van der Waals surface area contributed by atoms with Crippen LogP contribution >= 0.6 is 0 Å². The summed E-state index contributed by atoms with van der Waals surface area (Å²) >= 11 is 0. The Kier molecular flexibility index (Phi) is 6.57. The Balaban J connectivity index is 1.65. The van der Waals surface area contributed by atoms with Crippen LogP contribution in [0.3, 0.4) is 0 Å². The first-order valence-electron chi connectivity index (χ1n) is 10.6. The first kappa shape index (κ1) is 22.7. The first-order valence-corrected chi connectivity index (χ1v) is 12.1. The molecule has 1 saturated heterocycles. The summed E-state index contributed by atoms with van der Waals surface area (Å²) in [6.07, 6.45) is 2.82. The number of carboxylic acids is 1. The molecule has 1 aromatic carbocycles. The predicted octanol–water partition coefficient (Wildman–Crippen LogP) is 2.71. The molecule has 0 spiro atoms. The Labute approximate surface area is 179 Å². The van der Waals surface area contributed by atoms with E-state index < -0.39 is 27.8 Å². The van der Waals surface area contributed by atoms with Crippen molar-refractivity contribution in [1.29, 1.82) is 0 Å². The van der Waals surface area contributed by atoms with Gasteiger partial charge >= 0.3 is 5.97 Å². The number of sulfonamides is 1. The SMILES string of the molecule is CC(C)(C)c1ccc(S(=O)(=O)N2CCN(C(=O)[C@H]3CCCC[C@@H]3C(=O)O)CC2)cc1. The summed E-state index contributed by atoms with van der Waals surface area (Å²) < 4.78 is 27.4. The number of carbonyl (C=O) groups is 2. The summed E-state index contributed by atoms with van der Waals surface area (Å²) in [4.78, 5) is 26.3. The average molecular weight is 437 g/mol. The second-order valence-electron chi connectivity index (χ2n) is 9.34. The molecular formula is C22H32N2O5S. The molecule has 1 aliphatic carbocycles. The van der Waals surface area contributed by atoms with Crippen molar-refractivity contribution < 1.29 is 23.1 Å². The summed E-state index contributed by atoms with van der Waals surface area (Å²) in [6, 6.07) is 6.99. The molecule has 166 valence electrons. The number of carboxylic acid groups (broad SMARTS) is 1. The summed E-state index contributed by atoms with van der Waals surface area (Å²) in [7, 11) is -3.62. The van der Waals surface area contributed by atoms with Crippen molar-refractivity contribution >= 4 is 21.9 Å². The molecule has 3 rings (SSSR count). The Morgan fingerprint density at radius 3 is 1.97 bits per heavy atom. The summed E-state index contributed by atoms with van der Waals surface area (Å²) in [5, 5.41) is 9.44. The van der Waals surface area contributed by atoms with E-state index >= 15 is 0 Å². The molecule has 7 nitrogen and oxygen atoms in total. The van der Waals surface area contributed by atoms with Gasteiger partial charge in [-0.1, -0.05) is 45.7 Å². The second kappa shape index (κ2) is 8.67. The van der Waals surface area contributed by atoms with Crippen molar-refractivity contribution in [2.45, 2.75) is 56.8 Å². The van der Waals surface area contributed by atoms with Crippen LogP contribution < -0.4 is 0 Å². The highest BCUT2D eigenvalue weighted by Crippen LogP contribution is 2.32.